The van der Waals surface area contributed by atoms with Crippen LogP contribution in [0, 0.1) is 0 Å². The fourth-order valence-corrected chi connectivity index (χ4v) is 2.93. The molecule has 1 fully saturated rings. The van der Waals surface area contributed by atoms with E-state index in [0.29, 0.717) is 6.54 Å². The molecule has 3 rings (SSSR count). The van der Waals surface area contributed by atoms with Crippen LogP contribution in [0.1, 0.15) is 5.56 Å². The molecule has 7 heteroatoms. The molecule has 2 aromatic carbocycles. The summed E-state index contributed by atoms with van der Waals surface area (Å²) in [5.74, 6) is 0.0665. The zero-order valence-electron chi connectivity index (χ0n) is 13.5. The van der Waals surface area contributed by atoms with Crippen molar-refractivity contribution in [3.63, 3.8) is 0 Å². The Morgan fingerprint density at radius 3 is 2.16 bits per heavy atom. The number of alkyl halides is 3. The first-order chi connectivity index (χ1) is 11.9. The van der Waals surface area contributed by atoms with Gasteiger partial charge in [0.2, 0.25) is 0 Å². The van der Waals surface area contributed by atoms with Crippen LogP contribution in [0.3, 0.4) is 0 Å². The number of ether oxygens (including phenoxy) is 1. The van der Waals surface area contributed by atoms with E-state index in [2.05, 4.69) is 14.5 Å². The second-order valence-corrected chi connectivity index (χ2v) is 5.94. The summed E-state index contributed by atoms with van der Waals surface area (Å²) < 4.78 is 40.4. The van der Waals surface area contributed by atoms with Crippen LogP contribution < -0.4 is 9.64 Å². The van der Waals surface area contributed by atoms with Gasteiger partial charge in [0.25, 0.3) is 0 Å². The summed E-state index contributed by atoms with van der Waals surface area (Å²) in [5.41, 5.74) is 1.77. The van der Waals surface area contributed by atoms with Gasteiger partial charge in [-0.15, -0.1) is 13.2 Å². The molecule has 1 N–H and O–H groups in total. The van der Waals surface area contributed by atoms with Crippen molar-refractivity contribution in [2.45, 2.75) is 12.9 Å². The topological polar surface area (TPSA) is 35.9 Å². The first-order valence-electron chi connectivity index (χ1n) is 8.01. The highest BCUT2D eigenvalue weighted by Crippen LogP contribution is 2.27. The Bertz CT molecular complexity index is 696. The van der Waals surface area contributed by atoms with Gasteiger partial charge in [0.1, 0.15) is 11.5 Å². The van der Waals surface area contributed by atoms with E-state index in [9.17, 15) is 18.3 Å². The Kier molecular flexibility index (Phi) is 5.03. The molecule has 4 nitrogen and oxygen atoms in total. The van der Waals surface area contributed by atoms with Crippen molar-refractivity contribution in [1.29, 1.82) is 0 Å². The van der Waals surface area contributed by atoms with Crippen molar-refractivity contribution in [3.8, 4) is 11.5 Å². The number of benzene rings is 2. The molecule has 134 valence electrons. The molecule has 0 spiro atoms. The van der Waals surface area contributed by atoms with Crippen LogP contribution in [0.4, 0.5) is 18.9 Å². The number of halogens is 3. The Hall–Kier alpha value is -2.41. The molecule has 0 amide bonds. The fourth-order valence-electron chi connectivity index (χ4n) is 2.93. The first kappa shape index (κ1) is 17.4. The Balaban J connectivity index is 1.53. The Morgan fingerprint density at radius 1 is 0.920 bits per heavy atom. The Morgan fingerprint density at radius 2 is 1.56 bits per heavy atom. The van der Waals surface area contributed by atoms with Crippen LogP contribution in [0.5, 0.6) is 11.5 Å². The van der Waals surface area contributed by atoms with Crippen molar-refractivity contribution in [2.24, 2.45) is 0 Å². The number of aromatic hydroxyl groups is 1. The number of rotatable bonds is 4. The van der Waals surface area contributed by atoms with E-state index >= 15 is 0 Å². The van der Waals surface area contributed by atoms with Crippen molar-refractivity contribution in [2.75, 3.05) is 31.1 Å². The van der Waals surface area contributed by atoms with Crippen LogP contribution in [0.15, 0.2) is 48.5 Å². The van der Waals surface area contributed by atoms with E-state index in [1.165, 1.54) is 12.1 Å². The molecule has 1 saturated heterocycles. The number of piperazine rings is 1. The van der Waals surface area contributed by atoms with Gasteiger partial charge in [-0.25, -0.2) is 0 Å². The number of hydrogen-bond donors (Lipinski definition) is 1. The lowest BCUT2D eigenvalue weighted by molar-refractivity contribution is -0.274. The van der Waals surface area contributed by atoms with Gasteiger partial charge < -0.3 is 14.7 Å². The lowest BCUT2D eigenvalue weighted by Crippen LogP contribution is -2.45. The van der Waals surface area contributed by atoms with E-state index in [4.69, 9.17) is 0 Å². The third-order valence-electron chi connectivity index (χ3n) is 4.16. The van der Waals surface area contributed by atoms with Crippen molar-refractivity contribution >= 4 is 5.69 Å². The van der Waals surface area contributed by atoms with Crippen LogP contribution >= 0.6 is 0 Å². The average molecular weight is 352 g/mol. The molecule has 1 aliphatic heterocycles. The lowest BCUT2D eigenvalue weighted by Gasteiger charge is -2.36. The number of anilines is 1. The van der Waals surface area contributed by atoms with Crippen LogP contribution in [-0.2, 0) is 6.54 Å². The highest BCUT2D eigenvalue weighted by molar-refractivity contribution is 5.57. The molecule has 0 aliphatic carbocycles. The summed E-state index contributed by atoms with van der Waals surface area (Å²) in [6.45, 7) is 3.87. The molecular weight excluding hydrogens is 333 g/mol. The number of nitrogens with zero attached hydrogens (tertiary/aromatic N) is 2. The van der Waals surface area contributed by atoms with Gasteiger partial charge in [-0.2, -0.15) is 0 Å². The van der Waals surface area contributed by atoms with Crippen molar-refractivity contribution in [1.82, 2.24) is 4.90 Å². The minimum Gasteiger partial charge on any atom is -0.506 e. The monoisotopic (exact) mass is 352 g/mol. The van der Waals surface area contributed by atoms with E-state index in [1.807, 2.05) is 12.1 Å². The zero-order valence-corrected chi connectivity index (χ0v) is 13.5. The number of phenols is 1. The minimum atomic E-state index is -4.67. The molecule has 0 unspecified atom stereocenters. The first-order valence-corrected chi connectivity index (χ1v) is 8.01. The summed E-state index contributed by atoms with van der Waals surface area (Å²) in [6.07, 6.45) is -4.67. The summed E-state index contributed by atoms with van der Waals surface area (Å²) in [7, 11) is 0. The molecule has 0 atom stereocenters. The molecular formula is C18H19F3N2O2. The smallest absolute Gasteiger partial charge is 0.506 e. The van der Waals surface area contributed by atoms with Crippen molar-refractivity contribution in [3.05, 3.63) is 54.1 Å². The molecule has 2 aromatic rings. The van der Waals surface area contributed by atoms with Crippen LogP contribution in [0.2, 0.25) is 0 Å². The SMILES string of the molecule is Oc1ccccc1N1CCN(Cc2ccc(OC(F)(F)F)cc2)CC1. The van der Waals surface area contributed by atoms with Gasteiger partial charge >= 0.3 is 6.36 Å². The number of phenolic OH excluding ortho intramolecular Hbond substituents is 1. The fraction of sp³-hybridized carbons (Fsp3) is 0.333. The van der Waals surface area contributed by atoms with Crippen molar-refractivity contribution < 1.29 is 23.0 Å². The highest BCUT2D eigenvalue weighted by atomic mass is 19.4. The van der Waals surface area contributed by atoms with E-state index < -0.39 is 6.36 Å². The maximum atomic E-state index is 12.2. The minimum absolute atomic E-state index is 0.208. The lowest BCUT2D eigenvalue weighted by atomic mass is 10.1. The van der Waals surface area contributed by atoms with Gasteiger partial charge in [0.15, 0.2) is 0 Å². The molecule has 1 heterocycles. The number of para-hydroxylation sites is 2. The summed E-state index contributed by atoms with van der Waals surface area (Å²) in [5, 5.41) is 9.92. The maximum Gasteiger partial charge on any atom is 0.573 e. The van der Waals surface area contributed by atoms with E-state index in [0.717, 1.165) is 37.4 Å². The summed E-state index contributed by atoms with van der Waals surface area (Å²) >= 11 is 0. The molecule has 0 aromatic heterocycles. The van der Waals surface area contributed by atoms with Gasteiger partial charge in [0, 0.05) is 32.7 Å². The second kappa shape index (κ2) is 7.23. The largest absolute Gasteiger partial charge is 0.573 e. The summed E-state index contributed by atoms with van der Waals surface area (Å²) in [4.78, 5) is 4.36. The molecule has 0 saturated carbocycles. The molecule has 0 radical (unpaired) electrons. The third-order valence-corrected chi connectivity index (χ3v) is 4.16. The predicted molar refractivity (Wildman–Crippen MR) is 88.7 cm³/mol. The Labute approximate surface area is 144 Å². The normalized spacial score (nSPS) is 16.0. The average Bonchev–Trinajstić information content (AvgIpc) is 2.57. The summed E-state index contributed by atoms with van der Waals surface area (Å²) in [6, 6.07) is 13.2. The van der Waals surface area contributed by atoms with E-state index in [1.54, 1.807) is 24.3 Å². The molecule has 0 bridgehead atoms. The molecule has 1 aliphatic rings. The van der Waals surface area contributed by atoms with Crippen LogP contribution in [-0.4, -0.2) is 42.5 Å². The molecule has 25 heavy (non-hydrogen) atoms. The highest BCUT2D eigenvalue weighted by Gasteiger charge is 2.31. The zero-order chi connectivity index (χ0) is 17.9. The van der Waals surface area contributed by atoms with E-state index in [-0.39, 0.29) is 11.5 Å². The van der Waals surface area contributed by atoms with Gasteiger partial charge in [-0.05, 0) is 29.8 Å². The number of hydrogen-bond acceptors (Lipinski definition) is 4. The second-order valence-electron chi connectivity index (χ2n) is 5.94. The van der Waals surface area contributed by atoms with Crippen LogP contribution in [0.25, 0.3) is 0 Å². The van der Waals surface area contributed by atoms with Gasteiger partial charge in [-0.3, -0.25) is 4.90 Å². The quantitative estimate of drug-likeness (QED) is 0.912. The maximum absolute atomic E-state index is 12.2. The van der Waals surface area contributed by atoms with Gasteiger partial charge in [-0.1, -0.05) is 24.3 Å². The predicted octanol–water partition coefficient (Wildman–Crippen LogP) is 3.61. The van der Waals surface area contributed by atoms with Gasteiger partial charge in [0.05, 0.1) is 5.69 Å². The third kappa shape index (κ3) is 4.79. The standard InChI is InChI=1S/C18H19F3N2O2/c19-18(20,21)25-15-7-5-14(6-8-15)13-22-9-11-23(12-10-22)16-3-1-2-4-17(16)24/h1-8,24H,9-13H2.